The van der Waals surface area contributed by atoms with Crippen LogP contribution in [0, 0.1) is 5.82 Å². The third-order valence-corrected chi connectivity index (χ3v) is 6.59. The number of rotatable bonds is 11. The van der Waals surface area contributed by atoms with Gasteiger partial charge in [-0.2, -0.15) is 0 Å². The van der Waals surface area contributed by atoms with Gasteiger partial charge in [-0.3, -0.25) is 4.79 Å². The molecule has 42 heavy (non-hydrogen) atoms. The summed E-state index contributed by atoms with van der Waals surface area (Å²) < 4.78 is 15.9. The van der Waals surface area contributed by atoms with Crippen molar-refractivity contribution in [3.8, 4) is 22.3 Å². The number of aliphatic hydroxyl groups is 2. The van der Waals surface area contributed by atoms with E-state index in [1.54, 1.807) is 30.3 Å². The molecule has 0 bridgehead atoms. The number of carbonyl (C=O) groups excluding carboxylic acids is 2. The van der Waals surface area contributed by atoms with Crippen LogP contribution in [0.3, 0.4) is 0 Å². The quantitative estimate of drug-likeness (QED) is 0.236. The zero-order chi connectivity index (χ0) is 29.5. The second-order valence-electron chi connectivity index (χ2n) is 10.0. The maximum Gasteiger partial charge on any atom is 1.00 e. The minimum atomic E-state index is -1.41. The predicted molar refractivity (Wildman–Crippen MR) is 155 cm³/mol. The number of benzene rings is 3. The summed E-state index contributed by atoms with van der Waals surface area (Å²) >= 11 is 0. The molecule has 2 atom stereocenters. The topological polar surface area (TPSA) is 115 Å². The molecule has 1 amide bonds. The van der Waals surface area contributed by atoms with E-state index in [2.05, 4.69) is 5.32 Å². The van der Waals surface area contributed by atoms with Crippen molar-refractivity contribution in [3.63, 3.8) is 0 Å². The molecule has 0 aliphatic carbocycles. The number of hydrogen-bond acceptors (Lipinski definition) is 5. The Kier molecular flexibility index (Phi) is 11.8. The fourth-order valence-corrected chi connectivity index (χ4v) is 4.87. The summed E-state index contributed by atoms with van der Waals surface area (Å²) in [7, 11) is 0. The Morgan fingerprint density at radius 3 is 2.05 bits per heavy atom. The van der Waals surface area contributed by atoms with E-state index in [0.29, 0.717) is 33.8 Å². The number of para-hydroxylation sites is 1. The SMILES string of the molecule is CC(C)n1c(C=C[C@H](O)C[C@@H](O)CC(=O)[O-])c(-c2ccc(F)cc2)c(-c2ccccc2)c1C(=O)Nc1ccccc1.[Na+]. The van der Waals surface area contributed by atoms with Crippen molar-refractivity contribution >= 4 is 23.6 Å². The zero-order valence-electron chi connectivity index (χ0n) is 23.8. The monoisotopic (exact) mass is 578 g/mol. The Hall–Kier alpha value is -3.53. The largest absolute Gasteiger partial charge is 1.00 e. The van der Waals surface area contributed by atoms with Crippen LogP contribution in [0.15, 0.2) is 91.0 Å². The first-order chi connectivity index (χ1) is 19.7. The maximum atomic E-state index is 14.0. The molecule has 0 saturated carbocycles. The van der Waals surface area contributed by atoms with Gasteiger partial charge in [0.25, 0.3) is 5.91 Å². The standard InChI is InChI=1S/C33H33FN2O5.Na/c1-21(2)36-28(18-17-26(37)19-27(38)20-29(39)40)30(23-13-15-24(34)16-14-23)31(22-9-5-3-6-10-22)32(36)33(41)35-25-11-7-4-8-12-25;/h3-18,21,26-27,37-38H,19-20H2,1-2H3,(H,35,41)(H,39,40);/q;+1/p-1/t26-,27+;/m0./s1. The molecule has 7 nitrogen and oxygen atoms in total. The maximum absolute atomic E-state index is 14.0. The van der Waals surface area contributed by atoms with Crippen molar-refractivity contribution in [2.24, 2.45) is 0 Å². The van der Waals surface area contributed by atoms with E-state index in [-0.39, 0.29) is 47.9 Å². The van der Waals surface area contributed by atoms with Crippen molar-refractivity contribution in [3.05, 3.63) is 108 Å². The van der Waals surface area contributed by atoms with E-state index in [4.69, 9.17) is 0 Å². The minimum absolute atomic E-state index is 0. The molecule has 9 heteroatoms. The van der Waals surface area contributed by atoms with Crippen molar-refractivity contribution in [2.45, 2.75) is 44.9 Å². The minimum Gasteiger partial charge on any atom is -0.550 e. The third-order valence-electron chi connectivity index (χ3n) is 6.59. The smallest absolute Gasteiger partial charge is 0.550 e. The molecule has 0 aliphatic heterocycles. The molecule has 1 aromatic heterocycles. The van der Waals surface area contributed by atoms with Crippen LogP contribution in [0.1, 0.15) is 48.9 Å². The fraction of sp³-hybridized carbons (Fsp3) is 0.212. The predicted octanol–water partition coefficient (Wildman–Crippen LogP) is 2.06. The van der Waals surface area contributed by atoms with Crippen LogP contribution >= 0.6 is 0 Å². The van der Waals surface area contributed by atoms with E-state index in [0.717, 1.165) is 5.56 Å². The van der Waals surface area contributed by atoms with Crippen LogP contribution in [0.25, 0.3) is 28.3 Å². The van der Waals surface area contributed by atoms with Crippen molar-refractivity contribution in [1.29, 1.82) is 0 Å². The number of aliphatic hydroxyl groups excluding tert-OH is 2. The first-order valence-electron chi connectivity index (χ1n) is 13.4. The summed E-state index contributed by atoms with van der Waals surface area (Å²) in [6.07, 6.45) is -0.182. The van der Waals surface area contributed by atoms with Gasteiger partial charge in [0.2, 0.25) is 0 Å². The second kappa shape index (κ2) is 15.1. The molecule has 0 spiro atoms. The molecule has 3 N–H and O–H groups in total. The van der Waals surface area contributed by atoms with Gasteiger partial charge in [-0.25, -0.2) is 4.39 Å². The van der Waals surface area contributed by atoms with Gasteiger partial charge in [0.1, 0.15) is 11.5 Å². The number of nitrogens with one attached hydrogen (secondary N) is 1. The molecule has 3 aromatic carbocycles. The van der Waals surface area contributed by atoms with Gasteiger partial charge in [-0.05, 0) is 55.3 Å². The number of halogens is 1. The van der Waals surface area contributed by atoms with Gasteiger partial charge in [0.05, 0.1) is 12.2 Å². The molecule has 0 saturated heterocycles. The molecular formula is C33H32FN2NaO5. The van der Waals surface area contributed by atoms with E-state index in [1.165, 1.54) is 18.2 Å². The normalized spacial score (nSPS) is 12.6. The van der Waals surface area contributed by atoms with Gasteiger partial charge >= 0.3 is 29.6 Å². The average molecular weight is 579 g/mol. The Morgan fingerprint density at radius 2 is 1.48 bits per heavy atom. The van der Waals surface area contributed by atoms with Crippen LogP contribution in [0.4, 0.5) is 10.1 Å². The van der Waals surface area contributed by atoms with Crippen LogP contribution in [-0.2, 0) is 4.79 Å². The molecule has 0 radical (unpaired) electrons. The van der Waals surface area contributed by atoms with Gasteiger partial charge in [-0.1, -0.05) is 66.7 Å². The fourth-order valence-electron chi connectivity index (χ4n) is 4.87. The van der Waals surface area contributed by atoms with Crippen molar-refractivity contribution in [2.75, 3.05) is 5.32 Å². The zero-order valence-corrected chi connectivity index (χ0v) is 25.8. The summed E-state index contributed by atoms with van der Waals surface area (Å²) in [5, 5.41) is 34.4. The third kappa shape index (κ3) is 8.06. The number of nitrogens with zero attached hydrogens (tertiary/aromatic N) is 1. The van der Waals surface area contributed by atoms with E-state index < -0.39 is 30.4 Å². The second-order valence-corrected chi connectivity index (χ2v) is 10.0. The Morgan fingerprint density at radius 1 is 0.905 bits per heavy atom. The number of carboxylic acids is 1. The van der Waals surface area contributed by atoms with Crippen LogP contribution in [-0.4, -0.2) is 38.9 Å². The van der Waals surface area contributed by atoms with Crippen LogP contribution in [0.5, 0.6) is 0 Å². The number of aliphatic carboxylic acids is 1. The molecule has 212 valence electrons. The summed E-state index contributed by atoms with van der Waals surface area (Å²) in [5.74, 6) is -2.17. The number of carboxylic acid groups (broad SMARTS) is 1. The summed E-state index contributed by atoms with van der Waals surface area (Å²) in [4.78, 5) is 24.9. The summed E-state index contributed by atoms with van der Waals surface area (Å²) in [5.41, 5.74) is 4.28. The molecule has 0 aliphatic rings. The Balaban J connectivity index is 0.00000484. The molecule has 1 heterocycles. The Bertz CT molecular complexity index is 1520. The Labute approximate surface area is 266 Å². The molecular weight excluding hydrogens is 546 g/mol. The van der Waals surface area contributed by atoms with Crippen molar-refractivity contribution in [1.82, 2.24) is 4.57 Å². The molecule has 4 aromatic rings. The number of aromatic nitrogens is 1. The van der Waals surface area contributed by atoms with Crippen LogP contribution < -0.4 is 40.0 Å². The summed E-state index contributed by atoms with van der Waals surface area (Å²) in [6, 6.07) is 24.2. The van der Waals surface area contributed by atoms with Gasteiger partial charge in [-0.15, -0.1) is 0 Å². The summed E-state index contributed by atoms with van der Waals surface area (Å²) in [6.45, 7) is 3.86. The van der Waals surface area contributed by atoms with Gasteiger partial charge in [0.15, 0.2) is 0 Å². The number of hydrogen-bond donors (Lipinski definition) is 3. The van der Waals surface area contributed by atoms with Crippen LogP contribution in [0.2, 0.25) is 0 Å². The number of amides is 1. The van der Waals surface area contributed by atoms with Gasteiger partial charge in [0, 0.05) is 47.4 Å². The molecule has 0 fully saturated rings. The average Bonchev–Trinajstić information content (AvgIpc) is 3.28. The molecule has 4 rings (SSSR count). The number of anilines is 1. The van der Waals surface area contributed by atoms with E-state index in [1.807, 2.05) is 66.9 Å². The van der Waals surface area contributed by atoms with Crippen molar-refractivity contribution < 1.29 is 58.9 Å². The van der Waals surface area contributed by atoms with Gasteiger partial charge < -0.3 is 30.0 Å². The first-order valence-corrected chi connectivity index (χ1v) is 13.4. The first kappa shape index (κ1) is 33.0. The van der Waals surface area contributed by atoms with E-state index >= 15 is 0 Å². The molecule has 0 unspecified atom stereocenters. The van der Waals surface area contributed by atoms with E-state index in [9.17, 15) is 29.3 Å². The number of carbonyl (C=O) groups is 2.